The molecule has 1 rings (SSSR count). The molecule has 66 valence electrons. The highest BCUT2D eigenvalue weighted by molar-refractivity contribution is 7.99. The summed E-state index contributed by atoms with van der Waals surface area (Å²) in [5.74, 6) is 0. The van der Waals surface area contributed by atoms with E-state index in [1.165, 1.54) is 38.5 Å². The zero-order valence-electron chi connectivity index (χ0n) is 7.18. The first-order chi connectivity index (χ1) is 5.34. The largest absolute Gasteiger partial charge is 0.160 e. The van der Waals surface area contributed by atoms with Gasteiger partial charge in [0.2, 0.25) is 0 Å². The maximum atomic E-state index is 6.24. The molecule has 0 nitrogen and oxygen atoms in total. The van der Waals surface area contributed by atoms with Crippen molar-refractivity contribution >= 4 is 23.4 Å². The van der Waals surface area contributed by atoms with Gasteiger partial charge in [-0.05, 0) is 19.1 Å². The molecule has 0 heterocycles. The first kappa shape index (κ1) is 9.73. The molecule has 0 aliphatic heterocycles. The summed E-state index contributed by atoms with van der Waals surface area (Å²) in [5, 5.41) is 1.15. The molecular weight excluding hydrogens is 176 g/mol. The maximum Gasteiger partial charge on any atom is 0.0454 e. The van der Waals surface area contributed by atoms with E-state index < -0.39 is 0 Å². The quantitative estimate of drug-likeness (QED) is 0.572. The van der Waals surface area contributed by atoms with Crippen LogP contribution in [0.4, 0.5) is 0 Å². The minimum absolute atomic E-state index is 0.435. The van der Waals surface area contributed by atoms with Crippen LogP contribution in [0, 0.1) is 0 Å². The molecule has 0 unspecified atom stereocenters. The molecule has 1 saturated carbocycles. The fourth-order valence-corrected chi connectivity index (χ4v) is 3.09. The molecule has 0 spiro atoms. The summed E-state index contributed by atoms with van der Waals surface area (Å²) in [6.07, 6.45) is 10.3. The van der Waals surface area contributed by atoms with Crippen LogP contribution in [-0.4, -0.2) is 16.9 Å². The molecule has 0 aromatic heterocycles. The van der Waals surface area contributed by atoms with E-state index in [0.717, 1.165) is 5.25 Å². The van der Waals surface area contributed by atoms with E-state index in [1.807, 2.05) is 11.8 Å². The van der Waals surface area contributed by atoms with E-state index in [4.69, 9.17) is 11.6 Å². The third kappa shape index (κ3) is 3.25. The van der Waals surface area contributed by atoms with Gasteiger partial charge in [0.1, 0.15) is 0 Å². The lowest BCUT2D eigenvalue weighted by Crippen LogP contribution is -2.18. The van der Waals surface area contributed by atoms with Crippen LogP contribution >= 0.6 is 23.4 Å². The number of alkyl halides is 1. The Bertz CT molecular complexity index is 106. The van der Waals surface area contributed by atoms with E-state index in [1.54, 1.807) is 0 Å². The SMILES string of the molecule is CS[C@H]1CCCCCC[C@@H]1Cl. The average Bonchev–Trinajstić information content (AvgIpc) is 1.98. The van der Waals surface area contributed by atoms with Gasteiger partial charge in [-0.15, -0.1) is 11.6 Å². The second kappa shape index (κ2) is 5.31. The molecule has 1 aliphatic rings. The number of hydrogen-bond donors (Lipinski definition) is 0. The van der Waals surface area contributed by atoms with E-state index >= 15 is 0 Å². The van der Waals surface area contributed by atoms with Gasteiger partial charge in [0.05, 0.1) is 0 Å². The van der Waals surface area contributed by atoms with E-state index in [9.17, 15) is 0 Å². The van der Waals surface area contributed by atoms with Gasteiger partial charge in [-0.1, -0.05) is 25.7 Å². The van der Waals surface area contributed by atoms with Crippen molar-refractivity contribution in [3.63, 3.8) is 0 Å². The lowest BCUT2D eigenvalue weighted by atomic mass is 10.0. The third-order valence-corrected chi connectivity index (χ3v) is 4.27. The van der Waals surface area contributed by atoms with Crippen molar-refractivity contribution < 1.29 is 0 Å². The Morgan fingerprint density at radius 2 is 1.73 bits per heavy atom. The van der Waals surface area contributed by atoms with Crippen LogP contribution in [-0.2, 0) is 0 Å². The van der Waals surface area contributed by atoms with Gasteiger partial charge in [0.15, 0.2) is 0 Å². The monoisotopic (exact) mass is 192 g/mol. The molecule has 0 aromatic carbocycles. The summed E-state index contributed by atoms with van der Waals surface area (Å²) < 4.78 is 0. The first-order valence-corrected chi connectivity index (χ1v) is 6.24. The van der Waals surface area contributed by atoms with Crippen molar-refractivity contribution in [2.75, 3.05) is 6.26 Å². The molecule has 1 fully saturated rings. The molecule has 0 radical (unpaired) electrons. The minimum Gasteiger partial charge on any atom is -0.160 e. The summed E-state index contributed by atoms with van der Waals surface area (Å²) >= 11 is 8.18. The predicted octanol–water partition coefficient (Wildman–Crippen LogP) is 3.68. The molecule has 2 heteroatoms. The standard InChI is InChI=1S/C9H17ClS/c1-11-9-7-5-3-2-4-6-8(9)10/h8-9H,2-7H2,1H3/t8-,9-/m0/s1. The summed E-state index contributed by atoms with van der Waals surface area (Å²) in [5.41, 5.74) is 0. The Balaban J connectivity index is 2.33. The topological polar surface area (TPSA) is 0 Å². The Morgan fingerprint density at radius 1 is 1.09 bits per heavy atom. The van der Waals surface area contributed by atoms with Crippen molar-refractivity contribution in [2.45, 2.75) is 49.2 Å². The highest BCUT2D eigenvalue weighted by Gasteiger charge is 2.18. The third-order valence-electron chi connectivity index (χ3n) is 2.42. The lowest BCUT2D eigenvalue weighted by molar-refractivity contribution is 0.518. The first-order valence-electron chi connectivity index (χ1n) is 4.51. The lowest BCUT2D eigenvalue weighted by Gasteiger charge is -2.22. The second-order valence-corrected chi connectivity index (χ2v) is 4.92. The Labute approximate surface area is 79.1 Å². The van der Waals surface area contributed by atoms with E-state index in [2.05, 4.69) is 6.26 Å². The van der Waals surface area contributed by atoms with E-state index in [-0.39, 0.29) is 0 Å². The Hall–Kier alpha value is 0.640. The fourth-order valence-electron chi connectivity index (χ4n) is 1.67. The molecule has 1 aliphatic carbocycles. The molecule has 0 saturated heterocycles. The van der Waals surface area contributed by atoms with Crippen LogP contribution in [0.3, 0.4) is 0 Å². The summed E-state index contributed by atoms with van der Waals surface area (Å²) in [6.45, 7) is 0. The van der Waals surface area contributed by atoms with Gasteiger partial charge >= 0.3 is 0 Å². The second-order valence-electron chi connectivity index (χ2n) is 3.28. The average molecular weight is 193 g/mol. The van der Waals surface area contributed by atoms with Gasteiger partial charge in [0, 0.05) is 10.6 Å². The predicted molar refractivity (Wildman–Crippen MR) is 54.6 cm³/mol. The maximum absolute atomic E-state index is 6.24. The highest BCUT2D eigenvalue weighted by Crippen LogP contribution is 2.28. The number of thioether (sulfide) groups is 1. The number of halogens is 1. The van der Waals surface area contributed by atoms with Gasteiger partial charge in [-0.2, -0.15) is 11.8 Å². The number of rotatable bonds is 1. The van der Waals surface area contributed by atoms with Crippen molar-refractivity contribution in [3.8, 4) is 0 Å². The van der Waals surface area contributed by atoms with Crippen LogP contribution in [0.15, 0.2) is 0 Å². The normalized spacial score (nSPS) is 34.4. The fraction of sp³-hybridized carbons (Fsp3) is 1.00. The Morgan fingerprint density at radius 3 is 2.36 bits per heavy atom. The van der Waals surface area contributed by atoms with Crippen molar-refractivity contribution in [1.82, 2.24) is 0 Å². The molecule has 0 amide bonds. The van der Waals surface area contributed by atoms with Crippen molar-refractivity contribution in [1.29, 1.82) is 0 Å². The molecule has 0 aromatic rings. The van der Waals surface area contributed by atoms with Gasteiger partial charge < -0.3 is 0 Å². The van der Waals surface area contributed by atoms with Gasteiger partial charge in [-0.3, -0.25) is 0 Å². The van der Waals surface area contributed by atoms with Crippen molar-refractivity contribution in [2.24, 2.45) is 0 Å². The van der Waals surface area contributed by atoms with Gasteiger partial charge in [0.25, 0.3) is 0 Å². The molecule has 0 N–H and O–H groups in total. The number of hydrogen-bond acceptors (Lipinski definition) is 1. The van der Waals surface area contributed by atoms with Crippen LogP contribution in [0.5, 0.6) is 0 Å². The molecule has 11 heavy (non-hydrogen) atoms. The summed E-state index contributed by atoms with van der Waals surface area (Å²) in [4.78, 5) is 0. The van der Waals surface area contributed by atoms with Crippen LogP contribution in [0.25, 0.3) is 0 Å². The van der Waals surface area contributed by atoms with Crippen LogP contribution < -0.4 is 0 Å². The molecule has 2 atom stereocenters. The molecule has 0 bridgehead atoms. The summed E-state index contributed by atoms with van der Waals surface area (Å²) in [7, 11) is 0. The van der Waals surface area contributed by atoms with E-state index in [0.29, 0.717) is 5.38 Å². The smallest absolute Gasteiger partial charge is 0.0454 e. The van der Waals surface area contributed by atoms with Crippen molar-refractivity contribution in [3.05, 3.63) is 0 Å². The minimum atomic E-state index is 0.435. The van der Waals surface area contributed by atoms with Crippen LogP contribution in [0.1, 0.15) is 38.5 Å². The molecular formula is C9H17ClS. The van der Waals surface area contributed by atoms with Gasteiger partial charge in [-0.25, -0.2) is 0 Å². The Kier molecular flexibility index (Phi) is 4.70. The zero-order valence-corrected chi connectivity index (χ0v) is 8.76. The zero-order chi connectivity index (χ0) is 8.10. The highest BCUT2D eigenvalue weighted by atomic mass is 35.5. The summed E-state index contributed by atoms with van der Waals surface area (Å²) in [6, 6.07) is 0. The van der Waals surface area contributed by atoms with Crippen LogP contribution in [0.2, 0.25) is 0 Å².